The average molecular weight is 404 g/mol. The Morgan fingerprint density at radius 1 is 1.33 bits per heavy atom. The summed E-state index contributed by atoms with van der Waals surface area (Å²) in [5, 5.41) is 14.3. The molecule has 9 heteroatoms. The van der Waals surface area contributed by atoms with E-state index in [1.165, 1.54) is 23.1 Å². The van der Waals surface area contributed by atoms with Crippen molar-refractivity contribution in [2.75, 3.05) is 12.4 Å². The number of nitrogens with zero attached hydrogens (tertiary/aromatic N) is 4. The maximum Gasteiger partial charge on any atom is 0.239 e. The van der Waals surface area contributed by atoms with E-state index in [1.54, 1.807) is 13.3 Å². The molecule has 0 spiro atoms. The molecule has 2 heterocycles. The smallest absolute Gasteiger partial charge is 0.239 e. The maximum absolute atomic E-state index is 12.3. The first-order valence-electron chi connectivity index (χ1n) is 8.52. The summed E-state index contributed by atoms with van der Waals surface area (Å²) in [6.45, 7) is 4.64. The van der Waals surface area contributed by atoms with Gasteiger partial charge in [-0.1, -0.05) is 23.9 Å². The minimum atomic E-state index is -0.308. The van der Waals surface area contributed by atoms with Crippen molar-refractivity contribution >= 4 is 34.1 Å². The Bertz CT molecular complexity index is 878. The average Bonchev–Trinajstić information content (AvgIpc) is 3.32. The molecule has 1 aromatic carbocycles. The first-order chi connectivity index (χ1) is 13.1. The molecule has 0 bridgehead atoms. The molecule has 0 radical (unpaired) electrons. The molecule has 0 aliphatic rings. The molecular formula is C18H21N5O2S2. The lowest BCUT2D eigenvalue weighted by molar-refractivity contribution is -0.115. The number of thioether (sulfide) groups is 1. The van der Waals surface area contributed by atoms with Gasteiger partial charge in [0.25, 0.3) is 0 Å². The number of hydrogen-bond acceptors (Lipinski definition) is 7. The Kier molecular flexibility index (Phi) is 6.46. The molecule has 27 heavy (non-hydrogen) atoms. The van der Waals surface area contributed by atoms with Gasteiger partial charge in [0.2, 0.25) is 5.91 Å². The summed E-state index contributed by atoms with van der Waals surface area (Å²) in [6, 6.07) is 7.90. The highest BCUT2D eigenvalue weighted by Crippen LogP contribution is 2.25. The standard InChI is InChI=1S/C18H21N5O2S2/c1-4-23-15(11-13-5-7-14(25-3)8-6-13)21-22-18(23)27-12(2)16(24)20-17-19-9-10-26-17/h5-10,12H,4,11H2,1-3H3,(H,19,20,24). The molecule has 142 valence electrons. The van der Waals surface area contributed by atoms with Crippen LogP contribution >= 0.6 is 23.1 Å². The Hall–Kier alpha value is -2.39. The zero-order chi connectivity index (χ0) is 19.2. The second kappa shape index (κ2) is 9.01. The predicted molar refractivity (Wildman–Crippen MR) is 108 cm³/mol. The molecule has 0 aliphatic carbocycles. The van der Waals surface area contributed by atoms with Gasteiger partial charge < -0.3 is 14.6 Å². The van der Waals surface area contributed by atoms with Crippen molar-refractivity contribution in [3.63, 3.8) is 0 Å². The first kappa shape index (κ1) is 19.4. The van der Waals surface area contributed by atoms with Crippen LogP contribution in [0.15, 0.2) is 41.0 Å². The zero-order valence-electron chi connectivity index (χ0n) is 15.4. The van der Waals surface area contributed by atoms with Crippen molar-refractivity contribution in [2.45, 2.75) is 37.2 Å². The molecule has 0 aliphatic heterocycles. The minimum absolute atomic E-state index is 0.0997. The Balaban J connectivity index is 1.68. The number of aromatic nitrogens is 4. The molecule has 3 rings (SSSR count). The molecule has 0 saturated carbocycles. The second-order valence-corrected chi connectivity index (χ2v) is 7.96. The van der Waals surface area contributed by atoms with E-state index >= 15 is 0 Å². The molecule has 1 amide bonds. The van der Waals surface area contributed by atoms with E-state index in [2.05, 4.69) is 20.5 Å². The van der Waals surface area contributed by atoms with Crippen molar-refractivity contribution in [3.05, 3.63) is 47.2 Å². The van der Waals surface area contributed by atoms with E-state index < -0.39 is 0 Å². The highest BCUT2D eigenvalue weighted by molar-refractivity contribution is 8.00. The number of methoxy groups -OCH3 is 1. The zero-order valence-corrected chi connectivity index (χ0v) is 17.0. The van der Waals surface area contributed by atoms with Crippen molar-refractivity contribution in [3.8, 4) is 5.75 Å². The van der Waals surface area contributed by atoms with Crippen LogP contribution in [0.2, 0.25) is 0 Å². The summed E-state index contributed by atoms with van der Waals surface area (Å²) in [7, 11) is 1.65. The molecule has 3 aromatic rings. The number of hydrogen-bond donors (Lipinski definition) is 1. The van der Waals surface area contributed by atoms with Crippen molar-refractivity contribution in [1.82, 2.24) is 19.7 Å². The fraction of sp³-hybridized carbons (Fsp3) is 0.333. The second-order valence-electron chi connectivity index (χ2n) is 5.75. The SMILES string of the molecule is CCn1c(Cc2ccc(OC)cc2)nnc1SC(C)C(=O)Nc1nccs1. The fourth-order valence-corrected chi connectivity index (χ4v) is 3.95. The van der Waals surface area contributed by atoms with Gasteiger partial charge >= 0.3 is 0 Å². The number of carbonyl (C=O) groups is 1. The van der Waals surface area contributed by atoms with Gasteiger partial charge in [0, 0.05) is 24.5 Å². The number of nitrogens with one attached hydrogen (secondary N) is 1. The van der Waals surface area contributed by atoms with Gasteiger partial charge in [-0.15, -0.1) is 21.5 Å². The third-order valence-corrected chi connectivity index (χ3v) is 5.71. The molecule has 1 unspecified atom stereocenters. The summed E-state index contributed by atoms with van der Waals surface area (Å²) < 4.78 is 7.24. The molecule has 2 aromatic heterocycles. The van der Waals surface area contributed by atoms with Crippen molar-refractivity contribution in [1.29, 1.82) is 0 Å². The van der Waals surface area contributed by atoms with Crippen LogP contribution in [0, 0.1) is 0 Å². The first-order valence-corrected chi connectivity index (χ1v) is 10.3. The molecule has 0 fully saturated rings. The molecular weight excluding hydrogens is 382 g/mol. The monoisotopic (exact) mass is 403 g/mol. The minimum Gasteiger partial charge on any atom is -0.497 e. The van der Waals surface area contributed by atoms with Crippen LogP contribution in [0.4, 0.5) is 5.13 Å². The number of rotatable bonds is 8. The largest absolute Gasteiger partial charge is 0.497 e. The van der Waals surface area contributed by atoms with Crippen LogP contribution < -0.4 is 10.1 Å². The Labute approximate surface area is 166 Å². The van der Waals surface area contributed by atoms with E-state index in [9.17, 15) is 4.79 Å². The topological polar surface area (TPSA) is 81.9 Å². The third kappa shape index (κ3) is 4.86. The van der Waals surface area contributed by atoms with Crippen LogP contribution in [0.5, 0.6) is 5.75 Å². The van der Waals surface area contributed by atoms with Gasteiger partial charge in [0.1, 0.15) is 11.6 Å². The third-order valence-electron chi connectivity index (χ3n) is 3.94. The van der Waals surface area contributed by atoms with Gasteiger partial charge in [-0.05, 0) is 31.5 Å². The lowest BCUT2D eigenvalue weighted by Crippen LogP contribution is -2.22. The number of carbonyl (C=O) groups excluding carboxylic acids is 1. The van der Waals surface area contributed by atoms with Gasteiger partial charge in [0.05, 0.1) is 12.4 Å². The summed E-state index contributed by atoms with van der Waals surface area (Å²) >= 11 is 2.79. The molecule has 1 N–H and O–H groups in total. The number of amides is 1. The van der Waals surface area contributed by atoms with Crippen LogP contribution in [0.3, 0.4) is 0 Å². The van der Waals surface area contributed by atoms with Gasteiger partial charge in [-0.3, -0.25) is 4.79 Å². The van der Waals surface area contributed by atoms with Crippen molar-refractivity contribution in [2.24, 2.45) is 0 Å². The van der Waals surface area contributed by atoms with E-state index in [1.807, 2.05) is 48.1 Å². The number of anilines is 1. The Morgan fingerprint density at radius 2 is 2.11 bits per heavy atom. The van der Waals surface area contributed by atoms with Gasteiger partial charge in [-0.2, -0.15) is 0 Å². The van der Waals surface area contributed by atoms with Gasteiger partial charge in [0.15, 0.2) is 10.3 Å². The van der Waals surface area contributed by atoms with Gasteiger partial charge in [-0.25, -0.2) is 4.98 Å². The van der Waals surface area contributed by atoms with E-state index in [-0.39, 0.29) is 11.2 Å². The van der Waals surface area contributed by atoms with Crippen LogP contribution in [0.25, 0.3) is 0 Å². The van der Waals surface area contributed by atoms with Crippen LogP contribution in [0.1, 0.15) is 25.2 Å². The van der Waals surface area contributed by atoms with Crippen LogP contribution in [-0.2, 0) is 17.8 Å². The highest BCUT2D eigenvalue weighted by Gasteiger charge is 2.20. The predicted octanol–water partition coefficient (Wildman–Crippen LogP) is 3.47. The summed E-state index contributed by atoms with van der Waals surface area (Å²) in [4.78, 5) is 16.4. The summed E-state index contributed by atoms with van der Waals surface area (Å²) in [6.07, 6.45) is 2.34. The number of thiazole rings is 1. The van der Waals surface area contributed by atoms with E-state index in [4.69, 9.17) is 4.74 Å². The number of benzene rings is 1. The number of ether oxygens (including phenoxy) is 1. The summed E-state index contributed by atoms with van der Waals surface area (Å²) in [5.74, 6) is 1.60. The Morgan fingerprint density at radius 3 is 2.74 bits per heavy atom. The maximum atomic E-state index is 12.3. The lowest BCUT2D eigenvalue weighted by Gasteiger charge is -2.11. The van der Waals surface area contributed by atoms with E-state index in [0.717, 1.165) is 28.8 Å². The van der Waals surface area contributed by atoms with Crippen molar-refractivity contribution < 1.29 is 9.53 Å². The fourth-order valence-electron chi connectivity index (χ4n) is 2.48. The molecule has 1 atom stereocenters. The lowest BCUT2D eigenvalue weighted by atomic mass is 10.1. The van der Waals surface area contributed by atoms with Crippen LogP contribution in [-0.4, -0.2) is 38.0 Å². The molecule has 7 nitrogen and oxygen atoms in total. The summed E-state index contributed by atoms with van der Waals surface area (Å²) in [5.41, 5.74) is 1.13. The quantitative estimate of drug-likeness (QED) is 0.580. The molecule has 0 saturated heterocycles. The highest BCUT2D eigenvalue weighted by atomic mass is 32.2. The normalized spacial score (nSPS) is 12.0. The van der Waals surface area contributed by atoms with E-state index in [0.29, 0.717) is 11.6 Å².